The van der Waals surface area contributed by atoms with E-state index >= 15 is 0 Å². The molecule has 1 unspecified atom stereocenters. The number of carboxylic acids is 1. The molecule has 4 heterocycles. The minimum atomic E-state index is -1.12. The Morgan fingerprint density at radius 1 is 1.15 bits per heavy atom. The summed E-state index contributed by atoms with van der Waals surface area (Å²) in [6.07, 6.45) is 0.593. The van der Waals surface area contributed by atoms with Crippen LogP contribution in [0.3, 0.4) is 0 Å². The van der Waals surface area contributed by atoms with Crippen LogP contribution in [0.15, 0.2) is 89.2 Å². The average molecular weight is 588 g/mol. The van der Waals surface area contributed by atoms with Crippen molar-refractivity contribution >= 4 is 47.0 Å². The van der Waals surface area contributed by atoms with E-state index < -0.39 is 24.1 Å². The molecule has 10 nitrogen and oxygen atoms in total. The highest BCUT2D eigenvalue weighted by molar-refractivity contribution is 8.01. The zero-order valence-electron chi connectivity index (χ0n) is 21.8. The third kappa shape index (κ3) is 4.98. The Hall–Kier alpha value is -4.13. The van der Waals surface area contributed by atoms with Gasteiger partial charge in [0.25, 0.3) is 0 Å². The second kappa shape index (κ2) is 11.0. The van der Waals surface area contributed by atoms with Crippen molar-refractivity contribution in [2.75, 3.05) is 11.5 Å². The van der Waals surface area contributed by atoms with Crippen LogP contribution < -0.4 is 5.73 Å². The summed E-state index contributed by atoms with van der Waals surface area (Å²) in [7, 11) is 0. The number of amides is 1. The average Bonchev–Trinajstić information content (AvgIpc) is 3.42. The normalized spacial score (nSPS) is 18.4. The van der Waals surface area contributed by atoms with Gasteiger partial charge in [0.2, 0.25) is 5.91 Å². The predicted octanol–water partition coefficient (Wildman–Crippen LogP) is 3.66. The smallest absolute Gasteiger partial charge is 0.356 e. The molecule has 3 N–H and O–H groups in total. The Morgan fingerprint density at radius 2 is 1.80 bits per heavy atom. The maximum atomic E-state index is 13.9. The van der Waals surface area contributed by atoms with Gasteiger partial charge in [-0.2, -0.15) is 5.10 Å². The molecule has 0 saturated carbocycles. The van der Waals surface area contributed by atoms with Crippen LogP contribution in [-0.2, 0) is 14.3 Å². The van der Waals surface area contributed by atoms with Crippen LogP contribution in [0.1, 0.15) is 33.3 Å². The first kappa shape index (κ1) is 27.1. The van der Waals surface area contributed by atoms with Crippen LogP contribution in [0.4, 0.5) is 0 Å². The summed E-state index contributed by atoms with van der Waals surface area (Å²) < 4.78 is 7.63. The van der Waals surface area contributed by atoms with Gasteiger partial charge >= 0.3 is 11.9 Å². The number of rotatable bonds is 8. The summed E-state index contributed by atoms with van der Waals surface area (Å²) in [4.78, 5) is 44.3. The molecule has 208 valence electrons. The van der Waals surface area contributed by atoms with E-state index in [0.29, 0.717) is 22.2 Å². The lowest BCUT2D eigenvalue weighted by molar-refractivity contribution is -0.153. The third-order valence-corrected chi connectivity index (χ3v) is 9.34. The number of carbonyl (C=O) groups is 3. The first-order valence-electron chi connectivity index (χ1n) is 12.8. The van der Waals surface area contributed by atoms with Crippen molar-refractivity contribution in [1.82, 2.24) is 19.5 Å². The molecule has 1 saturated heterocycles. The number of β-lactam (4-membered cyclic amide) rings is 1. The van der Waals surface area contributed by atoms with Crippen molar-refractivity contribution in [2.45, 2.75) is 29.5 Å². The van der Waals surface area contributed by atoms with Crippen LogP contribution in [0, 0.1) is 6.92 Å². The molecule has 0 radical (unpaired) electrons. The van der Waals surface area contributed by atoms with Crippen LogP contribution in [0.25, 0.3) is 5.65 Å². The number of aryl methyl sites for hydroxylation is 1. The molecule has 2 aromatic carbocycles. The van der Waals surface area contributed by atoms with Gasteiger partial charge in [-0.15, -0.1) is 23.5 Å². The number of fused-ring (bicyclic) bond motifs is 2. The Bertz CT molecular complexity index is 1650. The topological polar surface area (TPSA) is 140 Å². The molecule has 4 aromatic rings. The number of nitrogens with zero attached hydrogens (tertiary/aromatic N) is 4. The van der Waals surface area contributed by atoms with Crippen molar-refractivity contribution in [1.29, 1.82) is 0 Å². The van der Waals surface area contributed by atoms with Gasteiger partial charge in [-0.05, 0) is 29.7 Å². The summed E-state index contributed by atoms with van der Waals surface area (Å²) in [6, 6.07) is 20.0. The lowest BCUT2D eigenvalue weighted by Gasteiger charge is -2.48. The zero-order valence-corrected chi connectivity index (χ0v) is 23.5. The number of aromatic carboxylic acids is 1. The fraction of sp³-hybridized carbons (Fsp3) is 0.207. The number of carbonyl (C=O) groups excluding carboxylic acids is 2. The molecule has 2 atom stereocenters. The van der Waals surface area contributed by atoms with E-state index in [0.717, 1.165) is 16.7 Å². The first-order valence-corrected chi connectivity index (χ1v) is 14.8. The fourth-order valence-corrected chi connectivity index (χ4v) is 7.38. The van der Waals surface area contributed by atoms with Gasteiger partial charge in [0, 0.05) is 17.2 Å². The molecule has 0 spiro atoms. The lowest BCUT2D eigenvalue weighted by atomic mass is 10.0. The van der Waals surface area contributed by atoms with Gasteiger partial charge in [0.15, 0.2) is 11.8 Å². The Kier molecular flexibility index (Phi) is 7.28. The van der Waals surface area contributed by atoms with E-state index in [4.69, 9.17) is 10.5 Å². The van der Waals surface area contributed by atoms with Gasteiger partial charge in [0.05, 0.1) is 6.20 Å². The molecule has 2 aromatic heterocycles. The molecular formula is C29H25N5O5S2. The van der Waals surface area contributed by atoms with E-state index in [1.165, 1.54) is 39.1 Å². The fourth-order valence-electron chi connectivity index (χ4n) is 4.89. The molecule has 0 bridgehead atoms. The minimum Gasteiger partial charge on any atom is -0.477 e. The maximum Gasteiger partial charge on any atom is 0.356 e. The third-order valence-electron chi connectivity index (χ3n) is 6.90. The molecule has 12 heteroatoms. The Labute approximate surface area is 243 Å². The number of carboxylic acid groups (broad SMARTS) is 1. The Morgan fingerprint density at radius 3 is 2.44 bits per heavy atom. The lowest BCUT2D eigenvalue weighted by Crippen LogP contribution is -2.68. The van der Waals surface area contributed by atoms with Crippen LogP contribution in [0.5, 0.6) is 0 Å². The second-order valence-corrected chi connectivity index (χ2v) is 11.7. The number of nitrogens with two attached hydrogens (primary N) is 1. The molecule has 2 aliphatic rings. The highest BCUT2D eigenvalue weighted by Crippen LogP contribution is 2.42. The van der Waals surface area contributed by atoms with E-state index in [1.54, 1.807) is 13.0 Å². The van der Waals surface area contributed by atoms with Gasteiger partial charge in [0.1, 0.15) is 27.7 Å². The summed E-state index contributed by atoms with van der Waals surface area (Å²) in [5.41, 5.74) is 9.49. The van der Waals surface area contributed by atoms with Crippen molar-refractivity contribution in [3.8, 4) is 0 Å². The zero-order chi connectivity index (χ0) is 28.7. The van der Waals surface area contributed by atoms with Crippen LogP contribution in [-0.4, -0.2) is 65.4 Å². The van der Waals surface area contributed by atoms with Crippen molar-refractivity contribution in [2.24, 2.45) is 5.73 Å². The molecule has 6 rings (SSSR count). The molecule has 0 aliphatic carbocycles. The summed E-state index contributed by atoms with van der Waals surface area (Å²) >= 11 is 2.88. The minimum absolute atomic E-state index is 0.00289. The highest BCUT2D eigenvalue weighted by Gasteiger charge is 2.52. The second-order valence-electron chi connectivity index (χ2n) is 9.62. The number of hydrogen-bond acceptors (Lipinski definition) is 9. The number of esters is 1. The van der Waals surface area contributed by atoms with E-state index in [2.05, 4.69) is 10.1 Å². The Balaban J connectivity index is 1.35. The van der Waals surface area contributed by atoms with Gasteiger partial charge < -0.3 is 15.6 Å². The number of ether oxygens (including phenoxy) is 1. The van der Waals surface area contributed by atoms with E-state index in [9.17, 15) is 19.5 Å². The quantitative estimate of drug-likeness (QED) is 0.136. The van der Waals surface area contributed by atoms with Crippen molar-refractivity contribution in [3.05, 3.63) is 107 Å². The summed E-state index contributed by atoms with van der Waals surface area (Å²) in [6.45, 7) is 1.78. The maximum absolute atomic E-state index is 13.9. The highest BCUT2D eigenvalue weighted by atomic mass is 32.2. The number of benzene rings is 2. The number of hydrogen-bond donors (Lipinski definition) is 2. The molecule has 2 aliphatic heterocycles. The molecule has 1 fully saturated rings. The largest absolute Gasteiger partial charge is 0.477 e. The summed E-state index contributed by atoms with van der Waals surface area (Å²) in [5.74, 6) is -1.23. The van der Waals surface area contributed by atoms with Crippen LogP contribution in [0.2, 0.25) is 0 Å². The van der Waals surface area contributed by atoms with E-state index in [-0.39, 0.29) is 28.2 Å². The van der Waals surface area contributed by atoms with E-state index in [1.807, 2.05) is 60.7 Å². The number of aromatic nitrogens is 3. The van der Waals surface area contributed by atoms with Crippen molar-refractivity contribution < 1.29 is 24.2 Å². The molecule has 41 heavy (non-hydrogen) atoms. The van der Waals surface area contributed by atoms with Gasteiger partial charge in [-0.3, -0.25) is 9.69 Å². The monoisotopic (exact) mass is 587 g/mol. The standard InChI is InChI=1S/C29H25N5O5S2/c1-16-12-21(34-25(32-16)20(13-31-34)28(36)37)40-14-19-15-41-27-22(30)26(35)33(27)23(19)29(38)39-24(17-8-4-2-5-9-17)18-10-6-3-7-11-18/h2-13,22,24,27H,14-15,30H2,1H3,(H,36,37)/t22?,27-/m0/s1. The number of thioether (sulfide) groups is 2. The SMILES string of the molecule is Cc1cc(SCC2=C(C(=O)OC(c3ccccc3)c3ccccc3)N3C(=O)C(N)[C@@H]3SC2)n2ncc(C(=O)O)c2n1. The predicted molar refractivity (Wildman–Crippen MR) is 154 cm³/mol. The van der Waals surface area contributed by atoms with Crippen LogP contribution >= 0.6 is 23.5 Å². The van der Waals surface area contributed by atoms with Crippen molar-refractivity contribution in [3.63, 3.8) is 0 Å². The first-order chi connectivity index (χ1) is 19.8. The van der Waals surface area contributed by atoms with Gasteiger partial charge in [-0.25, -0.2) is 19.1 Å². The molecule has 1 amide bonds. The molecular weight excluding hydrogens is 562 g/mol. The summed E-state index contributed by atoms with van der Waals surface area (Å²) in [5, 5.41) is 14.1. The van der Waals surface area contributed by atoms with Gasteiger partial charge in [-0.1, -0.05) is 60.7 Å².